The predicted octanol–water partition coefficient (Wildman–Crippen LogP) is 4.35. The number of carboxylic acids is 1. The molecule has 1 heterocycles. The Morgan fingerprint density at radius 3 is 2.87 bits per heavy atom. The molecule has 4 rings (SSSR count). The number of fused-ring (bicyclic) bond motifs is 3. The van der Waals surface area contributed by atoms with E-state index < -0.39 is 5.97 Å². The fourth-order valence-electron chi connectivity index (χ4n) is 3.76. The third-order valence-electron chi connectivity index (χ3n) is 4.82. The quantitative estimate of drug-likeness (QED) is 0.811. The van der Waals surface area contributed by atoms with Crippen LogP contribution in [0.3, 0.4) is 0 Å². The molecule has 0 fully saturated rings. The largest absolute Gasteiger partial charge is 0.478 e. The summed E-state index contributed by atoms with van der Waals surface area (Å²) in [5, 5.41) is 12.7. The number of rotatable bonds is 2. The number of carboxylic acid groups (broad SMARTS) is 1. The van der Waals surface area contributed by atoms with Gasteiger partial charge in [-0.05, 0) is 53.8 Å². The lowest BCUT2D eigenvalue weighted by atomic mass is 9.76. The van der Waals surface area contributed by atoms with E-state index in [1.165, 1.54) is 6.07 Å². The molecule has 0 aromatic heterocycles. The first-order valence-electron chi connectivity index (χ1n) is 7.69. The van der Waals surface area contributed by atoms with Gasteiger partial charge in [0.05, 0.1) is 11.6 Å². The van der Waals surface area contributed by atoms with Crippen LogP contribution in [0.5, 0.6) is 0 Å². The van der Waals surface area contributed by atoms with Gasteiger partial charge >= 0.3 is 5.97 Å². The minimum Gasteiger partial charge on any atom is -0.478 e. The molecule has 2 aromatic carbocycles. The maximum absolute atomic E-state index is 13.6. The highest BCUT2D eigenvalue weighted by atomic mass is 19.1. The second-order valence-electron chi connectivity index (χ2n) is 6.14. The number of halogens is 1. The van der Waals surface area contributed by atoms with Crippen LogP contribution in [0, 0.1) is 11.7 Å². The van der Waals surface area contributed by atoms with Crippen LogP contribution >= 0.6 is 0 Å². The van der Waals surface area contributed by atoms with Gasteiger partial charge in [-0.1, -0.05) is 24.3 Å². The molecule has 2 N–H and O–H groups in total. The van der Waals surface area contributed by atoms with Crippen LogP contribution in [0.2, 0.25) is 0 Å². The summed E-state index contributed by atoms with van der Waals surface area (Å²) in [5.41, 5.74) is 3.17. The van der Waals surface area contributed by atoms with E-state index in [1.54, 1.807) is 24.3 Å². The highest BCUT2D eigenvalue weighted by Crippen LogP contribution is 2.49. The van der Waals surface area contributed by atoms with E-state index in [0.29, 0.717) is 5.56 Å². The molecule has 1 aliphatic heterocycles. The Bertz CT molecular complexity index is 815. The van der Waals surface area contributed by atoms with Gasteiger partial charge in [-0.25, -0.2) is 9.18 Å². The molecular weight excluding hydrogens is 293 g/mol. The summed E-state index contributed by atoms with van der Waals surface area (Å²) < 4.78 is 13.6. The molecule has 0 bridgehead atoms. The minimum atomic E-state index is -0.918. The molecule has 3 nitrogen and oxygen atoms in total. The Morgan fingerprint density at radius 1 is 1.22 bits per heavy atom. The van der Waals surface area contributed by atoms with Crippen LogP contribution < -0.4 is 5.32 Å². The third kappa shape index (κ3) is 2.31. The summed E-state index contributed by atoms with van der Waals surface area (Å²) in [7, 11) is 0. The number of anilines is 1. The molecule has 0 amide bonds. The van der Waals surface area contributed by atoms with Gasteiger partial charge in [0.1, 0.15) is 5.82 Å². The van der Waals surface area contributed by atoms with Crippen molar-refractivity contribution in [1.29, 1.82) is 0 Å². The van der Waals surface area contributed by atoms with Crippen LogP contribution in [0.4, 0.5) is 10.1 Å². The molecule has 1 aliphatic carbocycles. The molecule has 23 heavy (non-hydrogen) atoms. The van der Waals surface area contributed by atoms with Crippen LogP contribution in [0.15, 0.2) is 54.6 Å². The summed E-state index contributed by atoms with van der Waals surface area (Å²) in [6.45, 7) is 0. The van der Waals surface area contributed by atoms with Crippen LogP contribution in [-0.2, 0) is 0 Å². The van der Waals surface area contributed by atoms with E-state index in [-0.39, 0.29) is 23.7 Å². The van der Waals surface area contributed by atoms with Gasteiger partial charge in [-0.2, -0.15) is 0 Å². The van der Waals surface area contributed by atoms with Gasteiger partial charge in [0.15, 0.2) is 0 Å². The fraction of sp³-hybridized carbons (Fsp3) is 0.211. The first-order valence-corrected chi connectivity index (χ1v) is 7.69. The average Bonchev–Trinajstić information content (AvgIpc) is 3.03. The van der Waals surface area contributed by atoms with Crippen molar-refractivity contribution in [1.82, 2.24) is 0 Å². The van der Waals surface area contributed by atoms with Gasteiger partial charge in [0.2, 0.25) is 0 Å². The van der Waals surface area contributed by atoms with Crippen molar-refractivity contribution in [2.24, 2.45) is 5.92 Å². The van der Waals surface area contributed by atoms with E-state index in [2.05, 4.69) is 17.5 Å². The summed E-state index contributed by atoms with van der Waals surface area (Å²) in [4.78, 5) is 11.2. The minimum absolute atomic E-state index is 0.0221. The predicted molar refractivity (Wildman–Crippen MR) is 86.2 cm³/mol. The molecule has 2 aliphatic rings. The second kappa shape index (κ2) is 5.23. The lowest BCUT2D eigenvalue weighted by molar-refractivity contribution is 0.0696. The zero-order valence-electron chi connectivity index (χ0n) is 12.4. The Balaban J connectivity index is 1.79. The van der Waals surface area contributed by atoms with Gasteiger partial charge in [0, 0.05) is 11.6 Å². The maximum Gasteiger partial charge on any atom is 0.335 e. The number of benzene rings is 2. The standard InChI is InChI=1S/C19H16FNO2/c20-13-4-1-3-11(9-13)18-15-6-2-5-14(15)16-10-12(19(22)23)7-8-17(16)21-18/h1-5,7-10,14-15,18,21H,6H2,(H,22,23)/t14-,15-,18+/m1/s1. The SMILES string of the molecule is O=C(O)c1ccc2c(c1)[C@@H]1C=CC[C@H]1[C@H](c1cccc(F)c1)N2. The molecule has 0 unspecified atom stereocenters. The van der Waals surface area contributed by atoms with E-state index in [0.717, 1.165) is 23.2 Å². The van der Waals surface area contributed by atoms with Crippen molar-refractivity contribution in [2.75, 3.05) is 5.32 Å². The van der Waals surface area contributed by atoms with Crippen molar-refractivity contribution >= 4 is 11.7 Å². The summed E-state index contributed by atoms with van der Waals surface area (Å²) in [6, 6.07) is 11.9. The molecule has 0 saturated carbocycles. The number of nitrogens with one attached hydrogen (secondary N) is 1. The number of aromatic carboxylic acids is 1. The molecule has 116 valence electrons. The molecule has 2 aromatic rings. The topological polar surface area (TPSA) is 49.3 Å². The van der Waals surface area contributed by atoms with Gasteiger partial charge < -0.3 is 10.4 Å². The fourth-order valence-corrected chi connectivity index (χ4v) is 3.76. The molecule has 4 heteroatoms. The Kier molecular flexibility index (Phi) is 3.18. The third-order valence-corrected chi connectivity index (χ3v) is 4.82. The monoisotopic (exact) mass is 309 g/mol. The Morgan fingerprint density at radius 2 is 2.09 bits per heavy atom. The van der Waals surface area contributed by atoms with E-state index >= 15 is 0 Å². The van der Waals surface area contributed by atoms with E-state index in [1.807, 2.05) is 12.1 Å². The zero-order valence-corrected chi connectivity index (χ0v) is 12.4. The van der Waals surface area contributed by atoms with Crippen molar-refractivity contribution < 1.29 is 14.3 Å². The van der Waals surface area contributed by atoms with Crippen LogP contribution in [-0.4, -0.2) is 11.1 Å². The van der Waals surface area contributed by atoms with E-state index in [4.69, 9.17) is 0 Å². The molecule has 3 atom stereocenters. The Hall–Kier alpha value is -2.62. The van der Waals surface area contributed by atoms with Crippen molar-refractivity contribution in [3.8, 4) is 0 Å². The number of allylic oxidation sites excluding steroid dienone is 2. The molecule has 0 saturated heterocycles. The average molecular weight is 309 g/mol. The Labute approximate surface area is 133 Å². The number of hydrogen-bond donors (Lipinski definition) is 2. The summed E-state index contributed by atoms with van der Waals surface area (Å²) in [6.07, 6.45) is 5.17. The smallest absolute Gasteiger partial charge is 0.335 e. The van der Waals surface area contributed by atoms with Gasteiger partial charge in [0.25, 0.3) is 0 Å². The van der Waals surface area contributed by atoms with Gasteiger partial charge in [-0.3, -0.25) is 0 Å². The lowest BCUT2D eigenvalue weighted by Crippen LogP contribution is -2.29. The molecule has 0 radical (unpaired) electrons. The van der Waals surface area contributed by atoms with E-state index in [9.17, 15) is 14.3 Å². The summed E-state index contributed by atoms with van der Waals surface area (Å²) >= 11 is 0. The first-order chi connectivity index (χ1) is 11.1. The van der Waals surface area contributed by atoms with Gasteiger partial charge in [-0.15, -0.1) is 0 Å². The lowest BCUT2D eigenvalue weighted by Gasteiger charge is -2.37. The summed E-state index contributed by atoms with van der Waals surface area (Å²) in [5.74, 6) is -0.718. The highest BCUT2D eigenvalue weighted by Gasteiger charge is 2.38. The van der Waals surface area contributed by atoms with Crippen LogP contribution in [0.1, 0.15) is 39.9 Å². The normalized spacial score (nSPS) is 24.7. The first kappa shape index (κ1) is 14.0. The molecule has 0 spiro atoms. The zero-order chi connectivity index (χ0) is 16.0. The number of hydrogen-bond acceptors (Lipinski definition) is 2. The van der Waals surface area contributed by atoms with Crippen LogP contribution in [0.25, 0.3) is 0 Å². The number of carbonyl (C=O) groups is 1. The highest BCUT2D eigenvalue weighted by molar-refractivity contribution is 5.89. The molecular formula is C19H16FNO2. The van der Waals surface area contributed by atoms with Crippen molar-refractivity contribution in [3.05, 3.63) is 77.1 Å². The van der Waals surface area contributed by atoms with Crippen molar-refractivity contribution in [2.45, 2.75) is 18.4 Å². The van der Waals surface area contributed by atoms with Crippen molar-refractivity contribution in [3.63, 3.8) is 0 Å². The maximum atomic E-state index is 13.6. The second-order valence-corrected chi connectivity index (χ2v) is 6.14.